The van der Waals surface area contributed by atoms with Gasteiger partial charge in [0.15, 0.2) is 0 Å². The van der Waals surface area contributed by atoms with Crippen LogP contribution in [0, 0.1) is 0 Å². The van der Waals surface area contributed by atoms with Crippen molar-refractivity contribution in [2.24, 2.45) is 0 Å². The maximum Gasteiger partial charge on any atom is 0.119 e. The lowest BCUT2D eigenvalue weighted by atomic mass is 9.92. The maximum atomic E-state index is 5.82. The molecule has 0 aromatic heterocycles. The lowest BCUT2D eigenvalue weighted by Gasteiger charge is -2.20. The first kappa shape index (κ1) is 12.0. The van der Waals surface area contributed by atoms with Crippen LogP contribution in [0.15, 0.2) is 42.5 Å². The van der Waals surface area contributed by atoms with Gasteiger partial charge in [-0.15, -0.1) is 0 Å². The Morgan fingerprint density at radius 2 is 1.85 bits per heavy atom. The van der Waals surface area contributed by atoms with Gasteiger partial charge in [-0.1, -0.05) is 30.3 Å². The van der Waals surface area contributed by atoms with Crippen molar-refractivity contribution in [3.8, 4) is 16.9 Å². The van der Waals surface area contributed by atoms with Crippen molar-refractivity contribution in [2.45, 2.75) is 31.9 Å². The lowest BCUT2D eigenvalue weighted by molar-refractivity contribution is 0.303. The number of nitrogens with one attached hydrogen (secondary N) is 1. The van der Waals surface area contributed by atoms with Gasteiger partial charge in [-0.25, -0.2) is 0 Å². The Kier molecular flexibility index (Phi) is 2.96. The van der Waals surface area contributed by atoms with Gasteiger partial charge in [0.2, 0.25) is 0 Å². The summed E-state index contributed by atoms with van der Waals surface area (Å²) in [6, 6.07) is 15.2. The predicted octanol–water partition coefficient (Wildman–Crippen LogP) is 3.54. The van der Waals surface area contributed by atoms with Crippen LogP contribution in [0.4, 0.5) is 0 Å². The summed E-state index contributed by atoms with van der Waals surface area (Å²) in [5.41, 5.74) is 5.58. The Bertz CT molecular complexity index is 614. The molecule has 0 amide bonds. The van der Waals surface area contributed by atoms with Crippen LogP contribution in [0.3, 0.4) is 0 Å². The fourth-order valence-electron chi connectivity index (χ4n) is 2.88. The Balaban J connectivity index is 1.66. The smallest absolute Gasteiger partial charge is 0.119 e. The molecule has 1 N–H and O–H groups in total. The molecule has 1 saturated carbocycles. The first-order chi connectivity index (χ1) is 9.90. The predicted molar refractivity (Wildman–Crippen MR) is 80.9 cm³/mol. The fraction of sp³-hybridized carbons (Fsp3) is 0.333. The zero-order valence-electron chi connectivity index (χ0n) is 11.6. The van der Waals surface area contributed by atoms with E-state index in [9.17, 15) is 0 Å². The van der Waals surface area contributed by atoms with Crippen molar-refractivity contribution in [3.63, 3.8) is 0 Å². The summed E-state index contributed by atoms with van der Waals surface area (Å²) < 4.78 is 5.82. The standard InChI is InChI=1S/C18H19NO/c1-2-13-10-11-19-12-18(13)17(3-1)14-4-6-15(7-5-14)20-16-8-9-16/h1-7,16,19H,8-12H2. The molecule has 0 spiro atoms. The molecule has 1 heterocycles. The molecule has 2 aromatic rings. The van der Waals surface area contributed by atoms with E-state index in [0.717, 1.165) is 25.3 Å². The molecule has 2 heteroatoms. The van der Waals surface area contributed by atoms with E-state index in [1.54, 1.807) is 0 Å². The van der Waals surface area contributed by atoms with Crippen LogP contribution >= 0.6 is 0 Å². The minimum absolute atomic E-state index is 0.467. The SMILES string of the molecule is c1cc2c(c(-c3ccc(OC4CC4)cc3)c1)CNCC2. The van der Waals surface area contributed by atoms with Crippen molar-refractivity contribution in [1.82, 2.24) is 5.32 Å². The third-order valence-electron chi connectivity index (χ3n) is 4.14. The van der Waals surface area contributed by atoms with Crippen molar-refractivity contribution < 1.29 is 4.74 Å². The van der Waals surface area contributed by atoms with Crippen molar-refractivity contribution >= 4 is 0 Å². The van der Waals surface area contributed by atoms with Gasteiger partial charge in [0, 0.05) is 6.54 Å². The molecule has 2 aromatic carbocycles. The van der Waals surface area contributed by atoms with Gasteiger partial charge in [-0.3, -0.25) is 0 Å². The van der Waals surface area contributed by atoms with E-state index >= 15 is 0 Å². The first-order valence-electron chi connectivity index (χ1n) is 7.49. The average Bonchev–Trinajstić information content (AvgIpc) is 3.32. The molecule has 1 fully saturated rings. The largest absolute Gasteiger partial charge is 0.490 e. The summed E-state index contributed by atoms with van der Waals surface area (Å²) in [5, 5.41) is 3.47. The highest BCUT2D eigenvalue weighted by molar-refractivity contribution is 5.69. The van der Waals surface area contributed by atoms with Crippen molar-refractivity contribution in [1.29, 1.82) is 0 Å². The summed E-state index contributed by atoms with van der Waals surface area (Å²) in [5.74, 6) is 0.999. The van der Waals surface area contributed by atoms with Gasteiger partial charge < -0.3 is 10.1 Å². The van der Waals surface area contributed by atoms with E-state index in [1.165, 1.54) is 35.1 Å². The summed E-state index contributed by atoms with van der Waals surface area (Å²) in [4.78, 5) is 0. The quantitative estimate of drug-likeness (QED) is 0.916. The number of benzene rings is 2. The van der Waals surface area contributed by atoms with Gasteiger partial charge in [-0.05, 0) is 60.2 Å². The van der Waals surface area contributed by atoms with Gasteiger partial charge in [-0.2, -0.15) is 0 Å². The molecule has 2 aliphatic rings. The van der Waals surface area contributed by atoms with Gasteiger partial charge in [0.05, 0.1) is 6.10 Å². The third kappa shape index (κ3) is 2.32. The molecule has 0 radical (unpaired) electrons. The summed E-state index contributed by atoms with van der Waals surface area (Å²) in [7, 11) is 0. The Morgan fingerprint density at radius 1 is 1.00 bits per heavy atom. The van der Waals surface area contributed by atoms with E-state index < -0.39 is 0 Å². The number of rotatable bonds is 3. The van der Waals surface area contributed by atoms with Gasteiger partial charge in [0.25, 0.3) is 0 Å². The molecule has 1 aliphatic heterocycles. The normalized spacial score (nSPS) is 17.6. The number of fused-ring (bicyclic) bond motifs is 1. The molecule has 0 saturated heterocycles. The zero-order valence-corrected chi connectivity index (χ0v) is 11.6. The zero-order chi connectivity index (χ0) is 13.4. The highest BCUT2D eigenvalue weighted by Crippen LogP contribution is 2.31. The summed E-state index contributed by atoms with van der Waals surface area (Å²) >= 11 is 0. The summed E-state index contributed by atoms with van der Waals surface area (Å²) in [6.45, 7) is 2.07. The van der Waals surface area contributed by atoms with Crippen LogP contribution < -0.4 is 10.1 Å². The van der Waals surface area contributed by atoms with Gasteiger partial charge in [0.1, 0.15) is 5.75 Å². The van der Waals surface area contributed by atoms with Crippen LogP contribution in [-0.4, -0.2) is 12.6 Å². The average molecular weight is 265 g/mol. The number of ether oxygens (including phenoxy) is 1. The molecular weight excluding hydrogens is 246 g/mol. The van der Waals surface area contributed by atoms with Crippen LogP contribution in [0.1, 0.15) is 24.0 Å². The summed E-state index contributed by atoms with van der Waals surface area (Å²) in [6.07, 6.45) is 4.01. The Hall–Kier alpha value is -1.80. The molecule has 4 rings (SSSR count). The van der Waals surface area contributed by atoms with E-state index in [2.05, 4.69) is 47.8 Å². The molecule has 20 heavy (non-hydrogen) atoms. The van der Waals surface area contributed by atoms with E-state index in [1.807, 2.05) is 0 Å². The molecule has 0 bridgehead atoms. The van der Waals surface area contributed by atoms with Crippen LogP contribution in [0.5, 0.6) is 5.75 Å². The number of hydrogen-bond acceptors (Lipinski definition) is 2. The van der Waals surface area contributed by atoms with E-state index in [-0.39, 0.29) is 0 Å². The second-order valence-electron chi connectivity index (χ2n) is 5.71. The Labute approximate surface area is 119 Å². The van der Waals surface area contributed by atoms with E-state index in [4.69, 9.17) is 4.74 Å². The second kappa shape index (κ2) is 4.95. The van der Waals surface area contributed by atoms with Crippen molar-refractivity contribution in [3.05, 3.63) is 53.6 Å². The Morgan fingerprint density at radius 3 is 2.65 bits per heavy atom. The van der Waals surface area contributed by atoms with Crippen LogP contribution in [0.25, 0.3) is 11.1 Å². The van der Waals surface area contributed by atoms with Crippen LogP contribution in [-0.2, 0) is 13.0 Å². The lowest BCUT2D eigenvalue weighted by Crippen LogP contribution is -2.24. The topological polar surface area (TPSA) is 21.3 Å². The maximum absolute atomic E-state index is 5.82. The van der Waals surface area contributed by atoms with E-state index in [0.29, 0.717) is 6.10 Å². The fourth-order valence-corrected chi connectivity index (χ4v) is 2.88. The first-order valence-corrected chi connectivity index (χ1v) is 7.49. The minimum Gasteiger partial charge on any atom is -0.490 e. The van der Waals surface area contributed by atoms with Gasteiger partial charge >= 0.3 is 0 Å². The molecule has 1 aliphatic carbocycles. The second-order valence-corrected chi connectivity index (χ2v) is 5.71. The van der Waals surface area contributed by atoms with Crippen LogP contribution in [0.2, 0.25) is 0 Å². The molecule has 0 atom stereocenters. The molecule has 2 nitrogen and oxygen atoms in total. The minimum atomic E-state index is 0.467. The monoisotopic (exact) mass is 265 g/mol. The molecular formula is C18H19NO. The highest BCUT2D eigenvalue weighted by atomic mass is 16.5. The van der Waals surface area contributed by atoms with Crippen molar-refractivity contribution in [2.75, 3.05) is 6.54 Å². The third-order valence-corrected chi connectivity index (χ3v) is 4.14. The highest BCUT2D eigenvalue weighted by Gasteiger charge is 2.23. The number of hydrogen-bond donors (Lipinski definition) is 1. The molecule has 102 valence electrons. The molecule has 0 unspecified atom stereocenters.